The molecule has 2 aliphatic heterocycles. The van der Waals surface area contributed by atoms with Crippen molar-refractivity contribution in [3.63, 3.8) is 0 Å². The first-order valence-electron chi connectivity index (χ1n) is 5.31. The zero-order chi connectivity index (χ0) is 11.2. The van der Waals surface area contributed by atoms with Crippen LogP contribution in [-0.4, -0.2) is 23.7 Å². The minimum Gasteiger partial charge on any atom is -0.337 e. The van der Waals surface area contributed by atoms with E-state index in [-0.39, 0.29) is 17.1 Å². The summed E-state index contributed by atoms with van der Waals surface area (Å²) in [4.78, 5) is 12.1. The van der Waals surface area contributed by atoms with Crippen molar-refractivity contribution >= 4 is 18.4 Å². The summed E-state index contributed by atoms with van der Waals surface area (Å²) in [6.45, 7) is 0.439. The van der Waals surface area contributed by atoms with Gasteiger partial charge in [0.05, 0.1) is 12.7 Å². The van der Waals surface area contributed by atoms with Crippen LogP contribution in [0.15, 0.2) is 30.3 Å². The molecular formula is C12H12O3S. The molecule has 16 heavy (non-hydrogen) atoms. The normalized spacial score (nSPS) is 37.7. The lowest BCUT2D eigenvalue weighted by molar-refractivity contribution is -0.197. The summed E-state index contributed by atoms with van der Waals surface area (Å²) >= 11 is 4.35. The largest absolute Gasteiger partial charge is 0.337 e. The Bertz CT molecular complexity index is 420. The van der Waals surface area contributed by atoms with Crippen molar-refractivity contribution in [1.29, 1.82) is 0 Å². The number of rotatable bonds is 1. The molecule has 0 spiro atoms. The van der Waals surface area contributed by atoms with Gasteiger partial charge in [-0.15, -0.1) is 0 Å². The van der Waals surface area contributed by atoms with E-state index in [0.29, 0.717) is 13.0 Å². The van der Waals surface area contributed by atoms with E-state index in [1.54, 1.807) is 0 Å². The molecule has 1 aromatic rings. The average Bonchev–Trinajstić information content (AvgIpc) is 2.71. The van der Waals surface area contributed by atoms with Gasteiger partial charge in [0.1, 0.15) is 0 Å². The molecule has 0 radical (unpaired) electrons. The molecule has 3 rings (SSSR count). The molecule has 84 valence electrons. The Hall–Kier alpha value is -0.840. The molecule has 4 heteroatoms. The van der Waals surface area contributed by atoms with Gasteiger partial charge in [-0.3, -0.25) is 4.79 Å². The van der Waals surface area contributed by atoms with Gasteiger partial charge in [-0.25, -0.2) is 0 Å². The number of hydrogen-bond donors (Lipinski definition) is 1. The molecule has 2 fully saturated rings. The highest BCUT2D eigenvalue weighted by molar-refractivity contribution is 7.81. The van der Waals surface area contributed by atoms with Gasteiger partial charge in [-0.05, 0) is 0 Å². The van der Waals surface area contributed by atoms with Crippen molar-refractivity contribution in [3.8, 4) is 0 Å². The number of ketones is 1. The highest BCUT2D eigenvalue weighted by Gasteiger charge is 2.55. The van der Waals surface area contributed by atoms with Gasteiger partial charge < -0.3 is 9.47 Å². The number of fused-ring (bicyclic) bond motifs is 2. The maximum absolute atomic E-state index is 12.1. The third kappa shape index (κ3) is 1.34. The average molecular weight is 236 g/mol. The molecule has 3 nitrogen and oxygen atoms in total. The minimum absolute atomic E-state index is 0.0348. The second-order valence-electron chi connectivity index (χ2n) is 4.14. The Balaban J connectivity index is 2.03. The Morgan fingerprint density at radius 1 is 1.31 bits per heavy atom. The molecule has 0 N–H and O–H groups in total. The van der Waals surface area contributed by atoms with Crippen LogP contribution in [0.5, 0.6) is 0 Å². The third-order valence-electron chi connectivity index (χ3n) is 3.11. The van der Waals surface area contributed by atoms with Crippen molar-refractivity contribution in [2.24, 2.45) is 0 Å². The maximum atomic E-state index is 12.1. The van der Waals surface area contributed by atoms with Crippen molar-refractivity contribution < 1.29 is 14.3 Å². The molecule has 0 aliphatic carbocycles. The Labute approximate surface area is 99.2 Å². The standard InChI is InChI=1S/C12H12O3S/c13-11-6-10(16)9-7-14-12(11,15-9)8-4-2-1-3-5-8/h1-5,9-10,16H,6-7H2/t9-,10+,12-/m1/s1. The zero-order valence-corrected chi connectivity index (χ0v) is 9.52. The fourth-order valence-electron chi connectivity index (χ4n) is 2.24. The van der Waals surface area contributed by atoms with Crippen molar-refractivity contribution in [3.05, 3.63) is 35.9 Å². The van der Waals surface area contributed by atoms with Crippen LogP contribution >= 0.6 is 12.6 Å². The van der Waals surface area contributed by atoms with E-state index in [2.05, 4.69) is 12.6 Å². The lowest BCUT2D eigenvalue weighted by Gasteiger charge is -2.32. The summed E-state index contributed by atoms with van der Waals surface area (Å²) in [5.74, 6) is -1.20. The van der Waals surface area contributed by atoms with Crippen LogP contribution in [-0.2, 0) is 20.1 Å². The van der Waals surface area contributed by atoms with Gasteiger partial charge in [0.15, 0.2) is 5.78 Å². The number of Topliss-reactive ketones (excluding diaryl/α,β-unsaturated/α-hetero) is 1. The van der Waals surface area contributed by atoms with Gasteiger partial charge in [0.25, 0.3) is 5.79 Å². The fourth-order valence-corrected chi connectivity index (χ4v) is 2.55. The van der Waals surface area contributed by atoms with Gasteiger partial charge in [0.2, 0.25) is 0 Å². The van der Waals surface area contributed by atoms with Crippen LogP contribution in [0, 0.1) is 0 Å². The Morgan fingerprint density at radius 3 is 2.81 bits per heavy atom. The predicted molar refractivity (Wildman–Crippen MR) is 61.3 cm³/mol. The van der Waals surface area contributed by atoms with Crippen molar-refractivity contribution in [2.75, 3.05) is 6.61 Å². The molecule has 0 saturated carbocycles. The van der Waals surface area contributed by atoms with Crippen LogP contribution < -0.4 is 0 Å². The van der Waals surface area contributed by atoms with Crippen LogP contribution in [0.1, 0.15) is 12.0 Å². The number of thiol groups is 1. The maximum Gasteiger partial charge on any atom is 0.256 e. The first-order valence-corrected chi connectivity index (χ1v) is 5.83. The second-order valence-corrected chi connectivity index (χ2v) is 4.81. The molecule has 2 aliphatic rings. The first-order chi connectivity index (χ1) is 7.72. The molecule has 0 aromatic heterocycles. The first kappa shape index (κ1) is 10.3. The molecule has 3 atom stereocenters. The van der Waals surface area contributed by atoms with Crippen LogP contribution in [0.25, 0.3) is 0 Å². The lowest BCUT2D eigenvalue weighted by atomic mass is 9.95. The summed E-state index contributed by atoms with van der Waals surface area (Å²) in [7, 11) is 0. The number of hydrogen-bond acceptors (Lipinski definition) is 4. The van der Waals surface area contributed by atoms with E-state index in [0.717, 1.165) is 5.56 Å². The highest BCUT2D eigenvalue weighted by atomic mass is 32.1. The highest BCUT2D eigenvalue weighted by Crippen LogP contribution is 2.42. The Kier molecular flexibility index (Phi) is 2.31. The monoisotopic (exact) mass is 236 g/mol. The molecule has 1 aromatic carbocycles. The third-order valence-corrected chi connectivity index (χ3v) is 3.63. The van der Waals surface area contributed by atoms with Crippen LogP contribution in [0.4, 0.5) is 0 Å². The zero-order valence-electron chi connectivity index (χ0n) is 8.63. The molecule has 0 unspecified atom stereocenters. The van der Waals surface area contributed by atoms with Crippen molar-refractivity contribution in [1.82, 2.24) is 0 Å². The van der Waals surface area contributed by atoms with E-state index >= 15 is 0 Å². The number of benzene rings is 1. The summed E-state index contributed by atoms with van der Waals surface area (Å²) < 4.78 is 11.4. The second kappa shape index (κ2) is 3.58. The summed E-state index contributed by atoms with van der Waals surface area (Å²) in [5, 5.41) is -0.0492. The molecule has 2 heterocycles. The van der Waals surface area contributed by atoms with E-state index in [1.165, 1.54) is 0 Å². The van der Waals surface area contributed by atoms with Crippen molar-refractivity contribution in [2.45, 2.75) is 23.6 Å². The minimum atomic E-state index is -1.16. The topological polar surface area (TPSA) is 35.5 Å². The van der Waals surface area contributed by atoms with E-state index in [1.807, 2.05) is 30.3 Å². The van der Waals surface area contributed by atoms with Crippen LogP contribution in [0.3, 0.4) is 0 Å². The number of ether oxygens (including phenoxy) is 2. The van der Waals surface area contributed by atoms with E-state index in [4.69, 9.17) is 9.47 Å². The SMILES string of the molecule is O=C1C[C@H](S)[C@H]2CO[C@]1(c1ccccc1)O2. The quantitative estimate of drug-likeness (QED) is 0.751. The Morgan fingerprint density at radius 2 is 2.06 bits per heavy atom. The van der Waals surface area contributed by atoms with E-state index < -0.39 is 5.79 Å². The van der Waals surface area contributed by atoms with Gasteiger partial charge >= 0.3 is 0 Å². The van der Waals surface area contributed by atoms with E-state index in [9.17, 15) is 4.79 Å². The summed E-state index contributed by atoms with van der Waals surface area (Å²) in [6, 6.07) is 9.38. The van der Waals surface area contributed by atoms with Crippen LogP contribution in [0.2, 0.25) is 0 Å². The summed E-state index contributed by atoms with van der Waals surface area (Å²) in [5.41, 5.74) is 0.780. The number of carbonyl (C=O) groups excluding carboxylic acids is 1. The smallest absolute Gasteiger partial charge is 0.256 e. The number of carbonyl (C=O) groups is 1. The van der Waals surface area contributed by atoms with Gasteiger partial charge in [0, 0.05) is 17.2 Å². The lowest BCUT2D eigenvalue weighted by Crippen LogP contribution is -2.44. The molecular weight excluding hydrogens is 224 g/mol. The fraction of sp³-hybridized carbons (Fsp3) is 0.417. The van der Waals surface area contributed by atoms with Gasteiger partial charge in [-0.1, -0.05) is 30.3 Å². The molecule has 0 amide bonds. The molecule has 2 saturated heterocycles. The molecule has 2 bridgehead atoms. The van der Waals surface area contributed by atoms with Gasteiger partial charge in [-0.2, -0.15) is 12.6 Å². The summed E-state index contributed by atoms with van der Waals surface area (Å²) in [6.07, 6.45) is 0.323. The predicted octanol–water partition coefficient (Wildman–Crippen LogP) is 1.53.